The van der Waals surface area contributed by atoms with Gasteiger partial charge < -0.3 is 9.84 Å². The molecule has 0 aliphatic rings. The van der Waals surface area contributed by atoms with Gasteiger partial charge in [-0.05, 0) is 41.8 Å². The highest BCUT2D eigenvalue weighted by molar-refractivity contribution is 6.31. The lowest BCUT2D eigenvalue weighted by Crippen LogP contribution is -2.36. The zero-order chi connectivity index (χ0) is 19.5. The van der Waals surface area contributed by atoms with Crippen molar-refractivity contribution in [2.75, 3.05) is 7.11 Å². The molecule has 4 nitrogen and oxygen atoms in total. The monoisotopic (exact) mass is 391 g/mol. The van der Waals surface area contributed by atoms with Gasteiger partial charge in [0.25, 0.3) is 0 Å². The van der Waals surface area contributed by atoms with Crippen LogP contribution in [-0.4, -0.2) is 35.4 Å². The molecule has 0 bridgehead atoms. The fourth-order valence-corrected chi connectivity index (χ4v) is 2.80. The van der Waals surface area contributed by atoms with E-state index in [0.29, 0.717) is 5.56 Å². The summed E-state index contributed by atoms with van der Waals surface area (Å²) in [6, 6.07) is 5.60. The van der Waals surface area contributed by atoms with Crippen molar-refractivity contribution in [1.29, 1.82) is 0 Å². The Balaban J connectivity index is 2.44. The third-order valence-electron chi connectivity index (χ3n) is 3.75. The topological polar surface area (TPSA) is 59.4 Å². The molecular formula is C17H14ClF4NO3. The highest BCUT2D eigenvalue weighted by Gasteiger charge is 2.44. The summed E-state index contributed by atoms with van der Waals surface area (Å²) < 4.78 is 57.1. The van der Waals surface area contributed by atoms with E-state index in [1.807, 2.05) is 0 Å². The van der Waals surface area contributed by atoms with Gasteiger partial charge >= 0.3 is 12.1 Å². The van der Waals surface area contributed by atoms with Crippen LogP contribution in [0, 0.1) is 5.82 Å². The van der Waals surface area contributed by atoms with E-state index in [-0.39, 0.29) is 22.7 Å². The van der Waals surface area contributed by atoms with Crippen molar-refractivity contribution in [3.8, 4) is 0 Å². The zero-order valence-corrected chi connectivity index (χ0v) is 14.2. The summed E-state index contributed by atoms with van der Waals surface area (Å²) in [5, 5.41) is 9.56. The molecule has 1 aromatic carbocycles. The van der Waals surface area contributed by atoms with E-state index in [2.05, 4.69) is 9.72 Å². The van der Waals surface area contributed by atoms with Gasteiger partial charge in [-0.2, -0.15) is 13.2 Å². The van der Waals surface area contributed by atoms with Gasteiger partial charge in [0.2, 0.25) is 0 Å². The lowest BCUT2D eigenvalue weighted by Gasteiger charge is -2.26. The predicted octanol–water partition coefficient (Wildman–Crippen LogP) is 3.91. The fourth-order valence-electron chi connectivity index (χ4n) is 2.49. The zero-order valence-electron chi connectivity index (χ0n) is 13.4. The van der Waals surface area contributed by atoms with Crippen molar-refractivity contribution in [2.24, 2.45) is 0 Å². The first-order chi connectivity index (χ1) is 12.1. The molecule has 26 heavy (non-hydrogen) atoms. The van der Waals surface area contributed by atoms with Crippen molar-refractivity contribution in [1.82, 2.24) is 4.98 Å². The number of esters is 1. The molecule has 0 aliphatic carbocycles. The average Bonchev–Trinajstić information content (AvgIpc) is 2.58. The van der Waals surface area contributed by atoms with E-state index in [4.69, 9.17) is 11.6 Å². The van der Waals surface area contributed by atoms with Crippen molar-refractivity contribution in [2.45, 2.75) is 24.6 Å². The first kappa shape index (κ1) is 20.1. The molecule has 2 unspecified atom stereocenters. The van der Waals surface area contributed by atoms with Crippen LogP contribution in [0.2, 0.25) is 5.02 Å². The summed E-state index contributed by atoms with van der Waals surface area (Å²) >= 11 is 5.88. The first-order valence-corrected chi connectivity index (χ1v) is 7.74. The minimum absolute atomic E-state index is 0.0608. The minimum atomic E-state index is -4.92. The van der Waals surface area contributed by atoms with Crippen LogP contribution in [0.15, 0.2) is 36.5 Å². The number of alkyl halides is 3. The molecule has 1 aromatic heterocycles. The summed E-state index contributed by atoms with van der Waals surface area (Å²) in [6.45, 7) is 0. The van der Waals surface area contributed by atoms with Crippen LogP contribution in [0.25, 0.3) is 0 Å². The molecule has 2 atom stereocenters. The number of hydrogen-bond acceptors (Lipinski definition) is 4. The molecule has 0 spiro atoms. The third kappa shape index (κ3) is 4.70. The molecule has 0 fully saturated rings. The van der Waals surface area contributed by atoms with Crippen LogP contribution in [-0.2, 0) is 11.2 Å². The molecule has 9 heteroatoms. The Hall–Kier alpha value is -2.19. The Morgan fingerprint density at radius 2 is 2.00 bits per heavy atom. The van der Waals surface area contributed by atoms with E-state index >= 15 is 0 Å². The van der Waals surface area contributed by atoms with Crippen LogP contribution >= 0.6 is 11.6 Å². The van der Waals surface area contributed by atoms with Crippen LogP contribution in [0.1, 0.15) is 27.5 Å². The van der Waals surface area contributed by atoms with Crippen LogP contribution in [0.3, 0.4) is 0 Å². The first-order valence-electron chi connectivity index (χ1n) is 7.36. The lowest BCUT2D eigenvalue weighted by atomic mass is 9.87. The Labute approximate surface area is 151 Å². The highest BCUT2D eigenvalue weighted by Crippen LogP contribution is 2.37. The highest BCUT2D eigenvalue weighted by atomic mass is 35.5. The molecule has 2 aromatic rings. The lowest BCUT2D eigenvalue weighted by molar-refractivity contribution is -0.210. The van der Waals surface area contributed by atoms with Crippen molar-refractivity contribution in [3.63, 3.8) is 0 Å². The normalized spacial score (nSPS) is 14.0. The van der Waals surface area contributed by atoms with Gasteiger partial charge in [-0.3, -0.25) is 0 Å². The molecule has 0 amide bonds. The number of nitrogens with zero attached hydrogens (tertiary/aromatic N) is 1. The van der Waals surface area contributed by atoms with Gasteiger partial charge in [0, 0.05) is 17.1 Å². The number of aromatic nitrogens is 1. The van der Waals surface area contributed by atoms with E-state index in [0.717, 1.165) is 25.3 Å². The number of hydrogen-bond donors (Lipinski definition) is 1. The molecule has 0 aliphatic heterocycles. The molecule has 140 valence electrons. The average molecular weight is 392 g/mol. The minimum Gasteiger partial charge on any atom is -0.464 e. The summed E-state index contributed by atoms with van der Waals surface area (Å²) in [6.07, 6.45) is -6.72. The van der Waals surface area contributed by atoms with Gasteiger partial charge in [0.05, 0.1) is 7.11 Å². The predicted molar refractivity (Wildman–Crippen MR) is 85.5 cm³/mol. The summed E-state index contributed by atoms with van der Waals surface area (Å²) in [5.41, 5.74) is 0.152. The second-order valence-corrected chi connectivity index (χ2v) is 5.91. The number of pyridine rings is 1. The van der Waals surface area contributed by atoms with Crippen molar-refractivity contribution >= 4 is 17.6 Å². The summed E-state index contributed by atoms with van der Waals surface area (Å²) in [4.78, 5) is 15.3. The van der Waals surface area contributed by atoms with E-state index in [1.54, 1.807) is 0 Å². The fraction of sp³-hybridized carbons (Fsp3) is 0.294. The molecule has 2 rings (SSSR count). The van der Waals surface area contributed by atoms with Crippen LogP contribution in [0.5, 0.6) is 0 Å². The van der Waals surface area contributed by atoms with Gasteiger partial charge in [0.1, 0.15) is 11.5 Å². The van der Waals surface area contributed by atoms with Crippen molar-refractivity contribution in [3.05, 3.63) is 64.2 Å². The second-order valence-electron chi connectivity index (χ2n) is 5.50. The SMILES string of the molecule is COC(=O)c1cc(CC(c2ccc(F)cc2Cl)C(O)C(F)(F)F)ccn1. The molecule has 1 heterocycles. The molecule has 0 saturated heterocycles. The van der Waals surface area contributed by atoms with Crippen molar-refractivity contribution < 1.29 is 32.2 Å². The number of rotatable bonds is 5. The summed E-state index contributed by atoms with van der Waals surface area (Å²) in [5.74, 6) is -2.97. The maximum atomic E-state index is 13.2. The third-order valence-corrected chi connectivity index (χ3v) is 4.08. The number of ether oxygens (including phenoxy) is 1. The molecular weight excluding hydrogens is 378 g/mol. The molecule has 0 radical (unpaired) electrons. The Bertz CT molecular complexity index is 798. The quantitative estimate of drug-likeness (QED) is 0.620. The van der Waals surface area contributed by atoms with E-state index < -0.39 is 30.0 Å². The maximum Gasteiger partial charge on any atom is 0.414 e. The van der Waals surface area contributed by atoms with Gasteiger partial charge in [-0.15, -0.1) is 0 Å². The smallest absolute Gasteiger partial charge is 0.414 e. The number of aliphatic hydroxyl groups is 1. The van der Waals surface area contributed by atoms with E-state index in [9.17, 15) is 27.5 Å². The standard InChI is InChI=1S/C17H14ClF4NO3/c1-26-16(25)14-7-9(4-5-23-14)6-12(15(24)17(20,21)22)11-3-2-10(19)8-13(11)18/h2-5,7-8,12,15,24H,6H2,1H3. The number of methoxy groups -OCH3 is 1. The van der Waals surface area contributed by atoms with Crippen LogP contribution in [0.4, 0.5) is 17.6 Å². The Kier molecular flexibility index (Phi) is 6.20. The number of carbonyl (C=O) groups excluding carboxylic acids is 1. The number of benzene rings is 1. The Morgan fingerprint density at radius 3 is 2.58 bits per heavy atom. The number of carbonyl (C=O) groups is 1. The number of aliphatic hydroxyl groups excluding tert-OH is 1. The van der Waals surface area contributed by atoms with E-state index in [1.165, 1.54) is 18.3 Å². The van der Waals surface area contributed by atoms with Gasteiger partial charge in [0.15, 0.2) is 6.10 Å². The maximum absolute atomic E-state index is 13.2. The molecule has 1 N–H and O–H groups in total. The Morgan fingerprint density at radius 1 is 1.31 bits per heavy atom. The van der Waals surface area contributed by atoms with Crippen LogP contribution < -0.4 is 0 Å². The second kappa shape index (κ2) is 8.01. The molecule has 0 saturated carbocycles. The van der Waals surface area contributed by atoms with Gasteiger partial charge in [-0.1, -0.05) is 17.7 Å². The summed E-state index contributed by atoms with van der Waals surface area (Å²) in [7, 11) is 1.14. The largest absolute Gasteiger partial charge is 0.464 e. The number of halogens is 5. The van der Waals surface area contributed by atoms with Gasteiger partial charge in [-0.25, -0.2) is 14.2 Å².